The molecule has 0 aliphatic heterocycles. The molecular weight excluding hydrogens is 179 g/mol. The van der Waals surface area contributed by atoms with E-state index in [1.54, 1.807) is 5.10 Å². The maximum atomic E-state index is 11.7. The van der Waals surface area contributed by atoms with Gasteiger partial charge in [0.25, 0.3) is 0 Å². The van der Waals surface area contributed by atoms with E-state index >= 15 is 0 Å². The molecule has 0 aliphatic rings. The number of H-pyrrole nitrogens is 1. The summed E-state index contributed by atoms with van der Waals surface area (Å²) in [6.07, 6.45) is -4.50. The molecular formula is C4HF3N3S. The third-order valence-corrected chi connectivity index (χ3v) is 1.03. The zero-order valence-electron chi connectivity index (χ0n) is 4.94. The second-order valence-corrected chi connectivity index (χ2v) is 1.81. The lowest BCUT2D eigenvalue weighted by Crippen LogP contribution is -2.07. The number of rotatable bonds is 1. The number of halogens is 3. The first-order chi connectivity index (χ1) is 5.04. The molecule has 0 amide bonds. The predicted octanol–water partition coefficient (Wildman–Crippen LogP) is 1.05. The van der Waals surface area contributed by atoms with Crippen molar-refractivity contribution in [2.75, 3.05) is 0 Å². The first kappa shape index (κ1) is 8.12. The van der Waals surface area contributed by atoms with Gasteiger partial charge < -0.3 is 0 Å². The van der Waals surface area contributed by atoms with Crippen molar-refractivity contribution in [1.82, 2.24) is 15.2 Å². The van der Waals surface area contributed by atoms with Crippen LogP contribution in [-0.2, 0) is 6.18 Å². The van der Waals surface area contributed by atoms with Crippen LogP contribution in [0.2, 0.25) is 0 Å². The second kappa shape index (κ2) is 2.57. The molecule has 1 aromatic heterocycles. The molecule has 59 valence electrons. The molecule has 7 heteroatoms. The number of hydrogen-bond acceptors (Lipinski definition) is 3. The third kappa shape index (κ3) is 1.73. The molecule has 3 nitrogen and oxygen atoms in total. The van der Waals surface area contributed by atoms with Crippen molar-refractivity contribution >= 4 is 17.6 Å². The van der Waals surface area contributed by atoms with Gasteiger partial charge in [-0.25, -0.2) is 4.98 Å². The number of alkyl halides is 3. The zero-order chi connectivity index (χ0) is 8.48. The largest absolute Gasteiger partial charge is 0.451 e. The summed E-state index contributed by atoms with van der Waals surface area (Å²) in [7, 11) is 0. The number of aromatic nitrogens is 3. The summed E-state index contributed by atoms with van der Waals surface area (Å²) >= 11 is 4.19. The van der Waals surface area contributed by atoms with Gasteiger partial charge in [0, 0.05) is 0 Å². The van der Waals surface area contributed by atoms with Gasteiger partial charge in [-0.05, 0) is 0 Å². The van der Waals surface area contributed by atoms with Crippen molar-refractivity contribution in [2.24, 2.45) is 0 Å². The van der Waals surface area contributed by atoms with Crippen LogP contribution in [-0.4, -0.2) is 20.5 Å². The van der Waals surface area contributed by atoms with Crippen molar-refractivity contribution in [3.63, 3.8) is 0 Å². The molecule has 11 heavy (non-hydrogen) atoms. The van der Waals surface area contributed by atoms with Gasteiger partial charge in [0.1, 0.15) is 5.37 Å². The summed E-state index contributed by atoms with van der Waals surface area (Å²) < 4.78 is 35.2. The van der Waals surface area contributed by atoms with E-state index in [-0.39, 0.29) is 5.82 Å². The molecule has 1 radical (unpaired) electrons. The lowest BCUT2D eigenvalue weighted by atomic mass is 10.6. The van der Waals surface area contributed by atoms with E-state index in [0.717, 1.165) is 0 Å². The highest BCUT2D eigenvalue weighted by atomic mass is 32.1. The van der Waals surface area contributed by atoms with Crippen molar-refractivity contribution in [3.05, 3.63) is 11.6 Å². The van der Waals surface area contributed by atoms with Crippen LogP contribution in [0.25, 0.3) is 0 Å². The minimum absolute atomic E-state index is 0.257. The summed E-state index contributed by atoms with van der Waals surface area (Å²) in [5.41, 5.74) is 0. The summed E-state index contributed by atoms with van der Waals surface area (Å²) in [5.74, 6) is -1.42. The molecule has 0 aromatic carbocycles. The average Bonchev–Trinajstić information content (AvgIpc) is 2.32. The van der Waals surface area contributed by atoms with Crippen LogP contribution >= 0.6 is 12.2 Å². The molecule has 1 aromatic rings. The molecule has 0 saturated carbocycles. The Hall–Kier alpha value is -0.980. The zero-order valence-corrected chi connectivity index (χ0v) is 5.75. The van der Waals surface area contributed by atoms with Gasteiger partial charge in [0.15, 0.2) is 5.82 Å². The van der Waals surface area contributed by atoms with Crippen LogP contribution in [0.3, 0.4) is 0 Å². The minimum Gasteiger partial charge on any atom is -0.255 e. The lowest BCUT2D eigenvalue weighted by molar-refractivity contribution is -0.144. The van der Waals surface area contributed by atoms with E-state index in [9.17, 15) is 13.2 Å². The molecule has 0 aliphatic carbocycles. The van der Waals surface area contributed by atoms with Gasteiger partial charge in [-0.1, -0.05) is 12.2 Å². The summed E-state index contributed by atoms with van der Waals surface area (Å²) in [4.78, 5) is 2.99. The number of aromatic amines is 1. The minimum atomic E-state index is -4.50. The van der Waals surface area contributed by atoms with Crippen LogP contribution in [0, 0.1) is 0 Å². The van der Waals surface area contributed by atoms with Crippen molar-refractivity contribution in [1.29, 1.82) is 0 Å². The predicted molar refractivity (Wildman–Crippen MR) is 33.1 cm³/mol. The van der Waals surface area contributed by atoms with E-state index in [1.807, 2.05) is 5.37 Å². The third-order valence-electron chi connectivity index (χ3n) is 0.845. The maximum Gasteiger partial charge on any atom is 0.451 e. The Morgan fingerprint density at radius 3 is 2.36 bits per heavy atom. The topological polar surface area (TPSA) is 41.6 Å². The van der Waals surface area contributed by atoms with Gasteiger partial charge in [-0.3, -0.25) is 5.10 Å². The Morgan fingerprint density at radius 1 is 1.45 bits per heavy atom. The number of thiocarbonyl (C=S) groups is 1. The fraction of sp³-hybridized carbons (Fsp3) is 0.250. The summed E-state index contributed by atoms with van der Waals surface area (Å²) in [6, 6.07) is 0. The summed E-state index contributed by atoms with van der Waals surface area (Å²) in [6.45, 7) is 0. The van der Waals surface area contributed by atoms with Crippen molar-refractivity contribution < 1.29 is 13.2 Å². The lowest BCUT2D eigenvalue weighted by Gasteiger charge is -1.97. The van der Waals surface area contributed by atoms with E-state index in [0.29, 0.717) is 0 Å². The monoisotopic (exact) mass is 180 g/mol. The van der Waals surface area contributed by atoms with Gasteiger partial charge in [-0.2, -0.15) is 18.3 Å². The molecule has 0 unspecified atom stereocenters. The van der Waals surface area contributed by atoms with Gasteiger partial charge in [0.05, 0.1) is 0 Å². The highest BCUT2D eigenvalue weighted by molar-refractivity contribution is 7.79. The van der Waals surface area contributed by atoms with Gasteiger partial charge >= 0.3 is 6.18 Å². The van der Waals surface area contributed by atoms with Crippen LogP contribution in [0.1, 0.15) is 11.6 Å². The smallest absolute Gasteiger partial charge is 0.255 e. The number of hydrogen-bond donors (Lipinski definition) is 1. The second-order valence-electron chi connectivity index (χ2n) is 1.61. The number of nitrogens with one attached hydrogen (secondary N) is 1. The first-order valence-corrected chi connectivity index (χ1v) is 2.82. The Morgan fingerprint density at radius 2 is 2.09 bits per heavy atom. The van der Waals surface area contributed by atoms with E-state index < -0.39 is 12.0 Å². The Bertz CT molecular complexity index is 266. The molecule has 0 bridgehead atoms. The normalized spacial score (nSPS) is 11.5. The fourth-order valence-electron chi connectivity index (χ4n) is 0.434. The average molecular weight is 180 g/mol. The van der Waals surface area contributed by atoms with Crippen LogP contribution in [0.15, 0.2) is 0 Å². The maximum absolute atomic E-state index is 11.7. The molecule has 0 spiro atoms. The molecule has 0 fully saturated rings. The Labute approximate surface area is 64.6 Å². The first-order valence-electron chi connectivity index (χ1n) is 2.42. The standard InChI is InChI=1S/C4HF3N3S/c5-4(6,7)3-8-2(1-11)9-10-3/h(H,8,9,10). The molecule has 0 saturated heterocycles. The van der Waals surface area contributed by atoms with Crippen LogP contribution < -0.4 is 0 Å². The van der Waals surface area contributed by atoms with Crippen molar-refractivity contribution in [3.8, 4) is 0 Å². The molecule has 1 heterocycles. The van der Waals surface area contributed by atoms with Crippen LogP contribution in [0.4, 0.5) is 13.2 Å². The van der Waals surface area contributed by atoms with Crippen LogP contribution in [0.5, 0.6) is 0 Å². The Balaban J connectivity index is 2.98. The molecule has 1 N–H and O–H groups in total. The molecule has 1 rings (SSSR count). The SMILES string of the molecule is FC(F)(F)c1nc([C]=S)n[nH]1. The van der Waals surface area contributed by atoms with E-state index in [1.165, 1.54) is 0 Å². The van der Waals surface area contributed by atoms with Crippen molar-refractivity contribution in [2.45, 2.75) is 6.18 Å². The van der Waals surface area contributed by atoms with Gasteiger partial charge in [-0.15, -0.1) is 0 Å². The van der Waals surface area contributed by atoms with E-state index in [4.69, 9.17) is 0 Å². The highest BCUT2D eigenvalue weighted by Gasteiger charge is 2.34. The van der Waals surface area contributed by atoms with E-state index in [2.05, 4.69) is 22.3 Å². The fourth-order valence-corrected chi connectivity index (χ4v) is 0.526. The van der Waals surface area contributed by atoms with Gasteiger partial charge in [0.2, 0.25) is 5.82 Å². The highest BCUT2D eigenvalue weighted by Crippen LogP contribution is 2.25. The molecule has 0 atom stereocenters. The Kier molecular flexibility index (Phi) is 1.90. The quantitative estimate of drug-likeness (QED) is 0.656. The summed E-state index contributed by atoms with van der Waals surface area (Å²) in [5, 5.41) is 6.76. The number of nitrogens with zero attached hydrogens (tertiary/aromatic N) is 2.